The Hall–Kier alpha value is -2.35. The lowest BCUT2D eigenvalue weighted by Gasteiger charge is -2.30. The standard InChI is InChI=1S/C20H35N7O/c1-6-21-20(22-11-8-13-27(15(2)3)16(4)5)23-12-10-18-24-19(26-25-18)17-9-7-14-28-17/h7,9,14-16H,6,8,10-13H2,1-5H3,(H2,21,22,23)(H,24,25,26). The van der Waals surface area contributed by atoms with Crippen LogP contribution in [0.25, 0.3) is 11.6 Å². The normalized spacial score (nSPS) is 12.4. The number of nitrogens with one attached hydrogen (secondary N) is 3. The Labute approximate surface area is 168 Å². The summed E-state index contributed by atoms with van der Waals surface area (Å²) in [7, 11) is 0. The minimum Gasteiger partial charge on any atom is -0.461 e. The SMILES string of the molecule is CCNC(=NCCCN(C(C)C)C(C)C)NCCc1nc(-c2ccco2)n[nH]1. The Kier molecular flexibility index (Phi) is 9.00. The van der Waals surface area contributed by atoms with Gasteiger partial charge in [-0.3, -0.25) is 15.0 Å². The summed E-state index contributed by atoms with van der Waals surface area (Å²) in [4.78, 5) is 11.6. The first-order valence-corrected chi connectivity index (χ1v) is 10.2. The van der Waals surface area contributed by atoms with Gasteiger partial charge in [-0.25, -0.2) is 4.98 Å². The van der Waals surface area contributed by atoms with Crippen LogP contribution in [0.15, 0.2) is 27.8 Å². The summed E-state index contributed by atoms with van der Waals surface area (Å²) in [5.41, 5.74) is 0. The van der Waals surface area contributed by atoms with Gasteiger partial charge in [-0.05, 0) is 53.2 Å². The molecule has 0 aromatic carbocycles. The maximum atomic E-state index is 5.32. The van der Waals surface area contributed by atoms with Crippen molar-refractivity contribution in [2.24, 2.45) is 4.99 Å². The van der Waals surface area contributed by atoms with Crippen LogP contribution in [0.3, 0.4) is 0 Å². The molecule has 8 nitrogen and oxygen atoms in total. The molecule has 0 aliphatic carbocycles. The van der Waals surface area contributed by atoms with Crippen LogP contribution in [0.4, 0.5) is 0 Å². The van der Waals surface area contributed by atoms with E-state index < -0.39 is 0 Å². The highest BCUT2D eigenvalue weighted by molar-refractivity contribution is 5.79. The molecule has 0 unspecified atom stereocenters. The molecule has 0 radical (unpaired) electrons. The molecule has 3 N–H and O–H groups in total. The lowest BCUT2D eigenvalue weighted by Crippen LogP contribution is -2.39. The number of H-pyrrole nitrogens is 1. The maximum absolute atomic E-state index is 5.32. The molecule has 0 saturated carbocycles. The molecule has 0 spiro atoms. The van der Waals surface area contributed by atoms with Crippen molar-refractivity contribution < 1.29 is 4.42 Å². The van der Waals surface area contributed by atoms with Crippen LogP contribution < -0.4 is 10.6 Å². The number of furan rings is 1. The van der Waals surface area contributed by atoms with Crippen molar-refractivity contribution in [1.29, 1.82) is 0 Å². The molecule has 2 aromatic rings. The summed E-state index contributed by atoms with van der Waals surface area (Å²) in [6.07, 6.45) is 3.39. The minimum absolute atomic E-state index is 0.559. The summed E-state index contributed by atoms with van der Waals surface area (Å²) in [5, 5.41) is 13.8. The fraction of sp³-hybridized carbons (Fsp3) is 0.650. The van der Waals surface area contributed by atoms with Crippen molar-refractivity contribution in [3.8, 4) is 11.6 Å². The third-order valence-corrected chi connectivity index (χ3v) is 4.44. The zero-order valence-electron chi connectivity index (χ0n) is 17.8. The van der Waals surface area contributed by atoms with Crippen molar-refractivity contribution >= 4 is 5.96 Å². The van der Waals surface area contributed by atoms with Gasteiger partial charge in [-0.2, -0.15) is 5.10 Å². The second-order valence-corrected chi connectivity index (χ2v) is 7.30. The summed E-state index contributed by atoms with van der Waals surface area (Å²) < 4.78 is 5.32. The van der Waals surface area contributed by atoms with Gasteiger partial charge in [0.2, 0.25) is 5.82 Å². The highest BCUT2D eigenvalue weighted by Crippen LogP contribution is 2.14. The molecule has 0 aliphatic rings. The average Bonchev–Trinajstić information content (AvgIpc) is 3.32. The number of hydrogen-bond donors (Lipinski definition) is 3. The Morgan fingerprint density at radius 3 is 2.68 bits per heavy atom. The van der Waals surface area contributed by atoms with Crippen LogP contribution in [-0.2, 0) is 6.42 Å². The second-order valence-electron chi connectivity index (χ2n) is 7.30. The Bertz CT molecular complexity index is 683. The van der Waals surface area contributed by atoms with E-state index in [0.717, 1.165) is 50.8 Å². The molecule has 2 aromatic heterocycles. The number of aliphatic imine (C=N–C) groups is 1. The molecule has 2 rings (SSSR count). The van der Waals surface area contributed by atoms with Gasteiger partial charge < -0.3 is 15.1 Å². The molecule has 0 fully saturated rings. The number of nitrogens with zero attached hydrogens (tertiary/aromatic N) is 4. The van der Waals surface area contributed by atoms with Crippen LogP contribution in [-0.4, -0.2) is 64.3 Å². The van der Waals surface area contributed by atoms with Crippen molar-refractivity contribution in [3.63, 3.8) is 0 Å². The number of hydrogen-bond acceptors (Lipinski definition) is 5. The van der Waals surface area contributed by atoms with Crippen molar-refractivity contribution in [2.45, 2.75) is 59.5 Å². The van der Waals surface area contributed by atoms with Crippen LogP contribution in [0.5, 0.6) is 0 Å². The quantitative estimate of drug-likeness (QED) is 0.311. The van der Waals surface area contributed by atoms with E-state index in [-0.39, 0.29) is 0 Å². The number of rotatable bonds is 11. The van der Waals surface area contributed by atoms with Crippen molar-refractivity contribution in [3.05, 3.63) is 24.2 Å². The number of aromatic nitrogens is 3. The van der Waals surface area contributed by atoms with Gasteiger partial charge in [0.1, 0.15) is 5.82 Å². The molecule has 156 valence electrons. The van der Waals surface area contributed by atoms with Crippen molar-refractivity contribution in [1.82, 2.24) is 30.7 Å². The van der Waals surface area contributed by atoms with Gasteiger partial charge in [-0.15, -0.1) is 0 Å². The Balaban J connectivity index is 1.76. The van der Waals surface area contributed by atoms with Gasteiger partial charge in [-0.1, -0.05) is 0 Å². The second kappa shape index (κ2) is 11.5. The summed E-state index contributed by atoms with van der Waals surface area (Å²) in [6, 6.07) is 4.79. The minimum atomic E-state index is 0.559. The predicted molar refractivity (Wildman–Crippen MR) is 113 cm³/mol. The first-order valence-electron chi connectivity index (χ1n) is 10.2. The monoisotopic (exact) mass is 389 g/mol. The van der Waals surface area contributed by atoms with Crippen LogP contribution in [0.1, 0.15) is 46.9 Å². The summed E-state index contributed by atoms with van der Waals surface area (Å²) >= 11 is 0. The molecule has 0 saturated heterocycles. The fourth-order valence-corrected chi connectivity index (χ4v) is 3.12. The predicted octanol–water partition coefficient (Wildman–Crippen LogP) is 2.67. The zero-order valence-corrected chi connectivity index (χ0v) is 17.8. The first-order chi connectivity index (χ1) is 13.5. The molecule has 0 atom stereocenters. The van der Waals surface area contributed by atoms with Gasteiger partial charge in [0.25, 0.3) is 0 Å². The smallest absolute Gasteiger partial charge is 0.216 e. The van der Waals surface area contributed by atoms with E-state index in [1.165, 1.54) is 0 Å². The maximum Gasteiger partial charge on any atom is 0.216 e. The largest absolute Gasteiger partial charge is 0.461 e. The highest BCUT2D eigenvalue weighted by Gasteiger charge is 2.12. The van der Waals surface area contributed by atoms with Crippen LogP contribution in [0, 0.1) is 0 Å². The van der Waals surface area contributed by atoms with Gasteiger partial charge in [0.15, 0.2) is 11.7 Å². The van der Waals surface area contributed by atoms with E-state index in [9.17, 15) is 0 Å². The molecular weight excluding hydrogens is 354 g/mol. The molecule has 0 bridgehead atoms. The van der Waals surface area contributed by atoms with Gasteiger partial charge in [0, 0.05) is 44.7 Å². The van der Waals surface area contributed by atoms with Crippen LogP contribution in [0.2, 0.25) is 0 Å². The average molecular weight is 390 g/mol. The summed E-state index contributed by atoms with van der Waals surface area (Å²) in [5.74, 6) is 2.91. The molecule has 0 amide bonds. The molecule has 28 heavy (non-hydrogen) atoms. The molecule has 0 aliphatic heterocycles. The topological polar surface area (TPSA) is 94.4 Å². The third-order valence-electron chi connectivity index (χ3n) is 4.44. The van der Waals surface area contributed by atoms with Gasteiger partial charge >= 0.3 is 0 Å². The molecule has 2 heterocycles. The van der Waals surface area contributed by atoms with E-state index in [1.807, 2.05) is 12.1 Å². The third kappa shape index (κ3) is 6.99. The first kappa shape index (κ1) is 21.9. The lowest BCUT2D eigenvalue weighted by molar-refractivity contribution is 0.174. The molecular formula is C20H35N7O. The number of aromatic amines is 1. The van der Waals surface area contributed by atoms with E-state index in [0.29, 0.717) is 23.7 Å². The molecule has 8 heteroatoms. The van der Waals surface area contributed by atoms with Crippen LogP contribution >= 0.6 is 0 Å². The van der Waals surface area contributed by atoms with E-state index in [2.05, 4.69) is 70.3 Å². The lowest BCUT2D eigenvalue weighted by atomic mass is 10.2. The van der Waals surface area contributed by atoms with E-state index in [4.69, 9.17) is 4.42 Å². The number of guanidine groups is 1. The van der Waals surface area contributed by atoms with E-state index in [1.54, 1.807) is 6.26 Å². The fourth-order valence-electron chi connectivity index (χ4n) is 3.12. The van der Waals surface area contributed by atoms with Gasteiger partial charge in [0.05, 0.1) is 6.26 Å². The summed E-state index contributed by atoms with van der Waals surface area (Å²) in [6.45, 7) is 14.5. The van der Waals surface area contributed by atoms with Crippen molar-refractivity contribution in [2.75, 3.05) is 26.2 Å². The van der Waals surface area contributed by atoms with E-state index >= 15 is 0 Å². The Morgan fingerprint density at radius 1 is 1.25 bits per heavy atom. The Morgan fingerprint density at radius 2 is 2.04 bits per heavy atom. The highest BCUT2D eigenvalue weighted by atomic mass is 16.3. The zero-order chi connectivity index (χ0) is 20.4.